The molecule has 0 atom stereocenters. The Kier molecular flexibility index (Phi) is 5.88. The zero-order valence-corrected chi connectivity index (χ0v) is 15.7. The van der Waals surface area contributed by atoms with E-state index in [-0.39, 0.29) is 6.61 Å². The number of nitrogens with zero attached hydrogens (tertiary/aromatic N) is 3. The zero-order chi connectivity index (χ0) is 19.2. The molecule has 1 heterocycles. The van der Waals surface area contributed by atoms with Crippen molar-refractivity contribution in [3.8, 4) is 22.7 Å². The van der Waals surface area contributed by atoms with E-state index in [9.17, 15) is 0 Å². The van der Waals surface area contributed by atoms with Crippen molar-refractivity contribution in [3.05, 3.63) is 65.9 Å². The number of aliphatic hydroxyl groups is 1. The highest BCUT2D eigenvalue weighted by atomic mass is 16.6. The van der Waals surface area contributed by atoms with Crippen molar-refractivity contribution < 1.29 is 14.7 Å². The predicted octanol–water partition coefficient (Wildman–Crippen LogP) is 3.45. The number of rotatable bonds is 7. The summed E-state index contributed by atoms with van der Waals surface area (Å²) < 4.78 is 7.13. The lowest BCUT2D eigenvalue weighted by Crippen LogP contribution is -2.02. The van der Waals surface area contributed by atoms with Crippen molar-refractivity contribution in [2.45, 2.75) is 13.3 Å². The first kappa shape index (κ1) is 18.7. The van der Waals surface area contributed by atoms with E-state index >= 15 is 0 Å². The lowest BCUT2D eigenvalue weighted by Gasteiger charge is -2.09. The van der Waals surface area contributed by atoms with Crippen molar-refractivity contribution in [1.82, 2.24) is 9.78 Å². The van der Waals surface area contributed by atoms with Gasteiger partial charge in [0, 0.05) is 12.2 Å². The van der Waals surface area contributed by atoms with Gasteiger partial charge in [-0.15, -0.1) is 0 Å². The van der Waals surface area contributed by atoms with Crippen molar-refractivity contribution in [3.63, 3.8) is 0 Å². The van der Waals surface area contributed by atoms with Gasteiger partial charge in [0.25, 0.3) is 0 Å². The van der Waals surface area contributed by atoms with E-state index in [0.717, 1.165) is 34.0 Å². The molecule has 1 N–H and O–H groups in total. The maximum absolute atomic E-state index is 9.11. The number of aromatic nitrogens is 2. The van der Waals surface area contributed by atoms with Crippen LogP contribution < -0.4 is 4.74 Å². The maximum Gasteiger partial charge on any atom is 0.119 e. The topological polar surface area (TPSA) is 68.9 Å². The second-order valence-corrected chi connectivity index (χ2v) is 6.05. The minimum absolute atomic E-state index is 0.139. The van der Waals surface area contributed by atoms with Crippen LogP contribution in [0, 0.1) is 0 Å². The van der Waals surface area contributed by atoms with Crippen molar-refractivity contribution in [2.24, 2.45) is 5.16 Å². The molecule has 3 aromatic rings. The summed E-state index contributed by atoms with van der Waals surface area (Å²) in [6, 6.07) is 17.8. The second-order valence-electron chi connectivity index (χ2n) is 6.05. The van der Waals surface area contributed by atoms with Gasteiger partial charge >= 0.3 is 0 Å². The molecule has 0 amide bonds. The molecule has 0 bridgehead atoms. The van der Waals surface area contributed by atoms with Gasteiger partial charge in [-0.2, -0.15) is 5.10 Å². The Morgan fingerprint density at radius 3 is 2.37 bits per heavy atom. The second kappa shape index (κ2) is 8.51. The van der Waals surface area contributed by atoms with Crippen molar-refractivity contribution in [1.29, 1.82) is 0 Å². The fraction of sp³-hybridized carbons (Fsp3) is 0.238. The monoisotopic (exact) mass is 365 g/mol. The van der Waals surface area contributed by atoms with Crippen molar-refractivity contribution in [2.75, 3.05) is 20.8 Å². The average Bonchev–Trinajstić information content (AvgIpc) is 3.15. The highest BCUT2D eigenvalue weighted by Crippen LogP contribution is 2.26. The smallest absolute Gasteiger partial charge is 0.119 e. The first-order valence-corrected chi connectivity index (χ1v) is 8.69. The molecule has 140 valence electrons. The first-order valence-electron chi connectivity index (χ1n) is 8.69. The van der Waals surface area contributed by atoms with E-state index in [1.807, 2.05) is 66.2 Å². The maximum atomic E-state index is 9.11. The number of oxime groups is 1. The third-order valence-corrected chi connectivity index (χ3v) is 4.28. The molecule has 3 rings (SSSR count). The number of aliphatic hydroxyl groups excluding tert-OH is 1. The Morgan fingerprint density at radius 2 is 1.78 bits per heavy atom. The van der Waals surface area contributed by atoms with E-state index < -0.39 is 0 Å². The predicted molar refractivity (Wildman–Crippen MR) is 106 cm³/mol. The normalized spacial score (nSPS) is 11.5. The summed E-state index contributed by atoms with van der Waals surface area (Å²) in [6.45, 7) is 2.00. The Bertz CT molecular complexity index is 913. The summed E-state index contributed by atoms with van der Waals surface area (Å²) in [5.41, 5.74) is 5.41. The molecule has 0 aliphatic rings. The van der Waals surface area contributed by atoms with Crippen LogP contribution in [0.5, 0.6) is 5.75 Å². The molecule has 1 aromatic heterocycles. The SMILES string of the molecule is CO/N=C(\C)c1cc(-c2ccc(CCO)cc2)n(-c2ccc(OC)cc2)n1. The zero-order valence-electron chi connectivity index (χ0n) is 15.7. The largest absolute Gasteiger partial charge is 0.497 e. The molecule has 0 saturated carbocycles. The number of hydrogen-bond donors (Lipinski definition) is 1. The fourth-order valence-electron chi connectivity index (χ4n) is 2.84. The van der Waals surface area contributed by atoms with Crippen LogP contribution >= 0.6 is 0 Å². The van der Waals surface area contributed by atoms with E-state index in [2.05, 4.69) is 5.16 Å². The molecule has 0 spiro atoms. The average molecular weight is 365 g/mol. The summed E-state index contributed by atoms with van der Waals surface area (Å²) in [5.74, 6) is 0.790. The molecule has 0 aliphatic carbocycles. The molecule has 0 radical (unpaired) electrons. The molecular formula is C21H23N3O3. The minimum atomic E-state index is 0.139. The quantitative estimate of drug-likeness (QED) is 0.514. The third kappa shape index (κ3) is 4.17. The number of hydrogen-bond acceptors (Lipinski definition) is 5. The number of benzene rings is 2. The Morgan fingerprint density at radius 1 is 1.07 bits per heavy atom. The summed E-state index contributed by atoms with van der Waals surface area (Å²) in [5, 5.41) is 17.8. The third-order valence-electron chi connectivity index (χ3n) is 4.28. The van der Waals surface area contributed by atoms with Crippen LogP contribution in [0.25, 0.3) is 16.9 Å². The van der Waals surface area contributed by atoms with Crippen LogP contribution in [-0.2, 0) is 11.3 Å². The van der Waals surface area contributed by atoms with Crippen LogP contribution in [0.15, 0.2) is 59.8 Å². The Balaban J connectivity index is 2.08. The summed E-state index contributed by atoms with van der Waals surface area (Å²) in [6.07, 6.45) is 0.642. The Hall–Kier alpha value is -3.12. The van der Waals surface area contributed by atoms with Crippen LogP contribution in [0.1, 0.15) is 18.2 Å². The van der Waals surface area contributed by atoms with Gasteiger partial charge < -0.3 is 14.7 Å². The van der Waals surface area contributed by atoms with Gasteiger partial charge in [-0.1, -0.05) is 29.4 Å². The van der Waals surface area contributed by atoms with E-state index in [4.69, 9.17) is 19.8 Å². The highest BCUT2D eigenvalue weighted by molar-refractivity contribution is 5.97. The van der Waals surface area contributed by atoms with E-state index in [0.29, 0.717) is 12.1 Å². The number of ether oxygens (including phenoxy) is 1. The van der Waals surface area contributed by atoms with E-state index in [1.165, 1.54) is 7.11 Å². The van der Waals surface area contributed by atoms with E-state index in [1.54, 1.807) is 7.11 Å². The van der Waals surface area contributed by atoms with Gasteiger partial charge in [0.2, 0.25) is 0 Å². The van der Waals surface area contributed by atoms with Crippen LogP contribution in [-0.4, -0.2) is 41.4 Å². The minimum Gasteiger partial charge on any atom is -0.497 e. The van der Waals surface area contributed by atoms with Crippen molar-refractivity contribution >= 4 is 5.71 Å². The highest BCUT2D eigenvalue weighted by Gasteiger charge is 2.14. The van der Waals surface area contributed by atoms with Gasteiger partial charge in [0.1, 0.15) is 24.3 Å². The summed E-state index contributed by atoms with van der Waals surface area (Å²) >= 11 is 0. The molecule has 27 heavy (non-hydrogen) atoms. The standard InChI is InChI=1S/C21H23N3O3/c1-15(23-27-3)20-14-21(17-6-4-16(5-7-17)12-13-25)24(22-20)18-8-10-19(26-2)11-9-18/h4-11,14,25H,12-13H2,1-3H3/b23-15+. The first-order chi connectivity index (χ1) is 13.2. The molecule has 0 saturated heterocycles. The van der Waals surface area contributed by atoms with Gasteiger partial charge in [0.15, 0.2) is 0 Å². The lowest BCUT2D eigenvalue weighted by atomic mass is 10.1. The molecule has 6 nitrogen and oxygen atoms in total. The molecule has 0 aliphatic heterocycles. The molecule has 0 unspecified atom stereocenters. The molecule has 6 heteroatoms. The van der Waals surface area contributed by atoms with Gasteiger partial charge in [-0.05, 0) is 49.2 Å². The summed E-state index contributed by atoms with van der Waals surface area (Å²) in [4.78, 5) is 4.89. The van der Waals surface area contributed by atoms with Crippen LogP contribution in [0.2, 0.25) is 0 Å². The van der Waals surface area contributed by atoms with Gasteiger partial charge in [0.05, 0.1) is 18.5 Å². The lowest BCUT2D eigenvalue weighted by molar-refractivity contribution is 0.213. The molecule has 2 aromatic carbocycles. The molecule has 0 fully saturated rings. The molecular weight excluding hydrogens is 342 g/mol. The summed E-state index contributed by atoms with van der Waals surface area (Å²) in [7, 11) is 3.16. The van der Waals surface area contributed by atoms with Crippen LogP contribution in [0.4, 0.5) is 0 Å². The fourth-order valence-corrected chi connectivity index (χ4v) is 2.84. The van der Waals surface area contributed by atoms with Gasteiger partial charge in [-0.25, -0.2) is 4.68 Å². The number of methoxy groups -OCH3 is 1. The Labute approximate surface area is 158 Å². The van der Waals surface area contributed by atoms with Crippen LogP contribution in [0.3, 0.4) is 0 Å². The van der Waals surface area contributed by atoms with Gasteiger partial charge in [-0.3, -0.25) is 0 Å².